The zero-order valence-corrected chi connectivity index (χ0v) is 13.2. The normalized spacial score (nSPS) is 18.2. The van der Waals surface area contributed by atoms with Crippen LogP contribution in [0.5, 0.6) is 0 Å². The summed E-state index contributed by atoms with van der Waals surface area (Å²) in [6.45, 7) is 2.05. The Morgan fingerprint density at radius 3 is 3.09 bits per heavy atom. The van der Waals surface area contributed by atoms with E-state index in [4.69, 9.17) is 17.3 Å². The van der Waals surface area contributed by atoms with E-state index >= 15 is 0 Å². The van der Waals surface area contributed by atoms with Gasteiger partial charge in [0.2, 0.25) is 5.95 Å². The van der Waals surface area contributed by atoms with Crippen molar-refractivity contribution in [2.75, 3.05) is 24.5 Å². The Morgan fingerprint density at radius 1 is 1.52 bits per heavy atom. The molecule has 6 nitrogen and oxygen atoms in total. The lowest BCUT2D eigenvalue weighted by molar-refractivity contribution is 0.421. The number of pyridine rings is 1. The molecule has 2 aromatic heterocycles. The number of H-pyrrole nitrogens is 1. The standard InChI is InChI=1S/C15H17ClFN5O/c16-12-14(22-5-1-2-9(7-18)8-22)20-13(21-15(12)23)10-3-4-19-11(17)6-10/h3-4,6,9H,1-2,5,7-8,18H2,(H,20,21,23)/t9-/m1/s1. The summed E-state index contributed by atoms with van der Waals surface area (Å²) in [7, 11) is 0. The zero-order valence-electron chi connectivity index (χ0n) is 12.4. The number of aromatic nitrogens is 3. The van der Waals surface area contributed by atoms with Gasteiger partial charge < -0.3 is 15.6 Å². The highest BCUT2D eigenvalue weighted by Gasteiger charge is 2.23. The molecule has 0 radical (unpaired) electrons. The van der Waals surface area contributed by atoms with Crippen molar-refractivity contribution in [1.82, 2.24) is 15.0 Å². The van der Waals surface area contributed by atoms with Crippen LogP contribution in [-0.4, -0.2) is 34.6 Å². The second kappa shape index (κ2) is 6.64. The van der Waals surface area contributed by atoms with Crippen molar-refractivity contribution in [1.29, 1.82) is 0 Å². The summed E-state index contributed by atoms with van der Waals surface area (Å²) >= 11 is 6.14. The maximum Gasteiger partial charge on any atom is 0.272 e. The van der Waals surface area contributed by atoms with Crippen molar-refractivity contribution in [3.63, 3.8) is 0 Å². The summed E-state index contributed by atoms with van der Waals surface area (Å²) in [6.07, 6.45) is 3.34. The fourth-order valence-corrected chi connectivity index (χ4v) is 3.00. The number of hydrogen-bond acceptors (Lipinski definition) is 5. The number of anilines is 1. The minimum Gasteiger partial charge on any atom is -0.355 e. The van der Waals surface area contributed by atoms with Crippen LogP contribution in [0.2, 0.25) is 5.02 Å². The summed E-state index contributed by atoms with van der Waals surface area (Å²) in [5, 5.41) is 0.0425. The van der Waals surface area contributed by atoms with Gasteiger partial charge in [0.25, 0.3) is 5.56 Å². The van der Waals surface area contributed by atoms with Crippen LogP contribution in [0.4, 0.5) is 10.2 Å². The molecule has 1 fully saturated rings. The van der Waals surface area contributed by atoms with Crippen LogP contribution in [-0.2, 0) is 0 Å². The van der Waals surface area contributed by atoms with E-state index in [1.54, 1.807) is 6.07 Å². The highest BCUT2D eigenvalue weighted by atomic mass is 35.5. The van der Waals surface area contributed by atoms with Crippen LogP contribution in [0.15, 0.2) is 23.1 Å². The smallest absolute Gasteiger partial charge is 0.272 e. The van der Waals surface area contributed by atoms with Gasteiger partial charge in [-0.3, -0.25) is 4.79 Å². The number of piperidine rings is 1. The van der Waals surface area contributed by atoms with Crippen molar-refractivity contribution < 1.29 is 4.39 Å². The maximum absolute atomic E-state index is 13.3. The molecule has 1 atom stereocenters. The number of nitrogens with zero attached hydrogens (tertiary/aromatic N) is 3. The molecule has 0 unspecified atom stereocenters. The molecule has 0 bridgehead atoms. The number of nitrogens with one attached hydrogen (secondary N) is 1. The first-order chi connectivity index (χ1) is 11.1. The van der Waals surface area contributed by atoms with Crippen LogP contribution in [0.1, 0.15) is 12.8 Å². The minimum absolute atomic E-state index is 0.0425. The van der Waals surface area contributed by atoms with Gasteiger partial charge >= 0.3 is 0 Å². The molecule has 3 N–H and O–H groups in total. The van der Waals surface area contributed by atoms with Gasteiger partial charge in [0.05, 0.1) is 0 Å². The first-order valence-electron chi connectivity index (χ1n) is 7.45. The highest BCUT2D eigenvalue weighted by molar-refractivity contribution is 6.32. The molecule has 0 aromatic carbocycles. The van der Waals surface area contributed by atoms with E-state index in [1.807, 2.05) is 4.90 Å². The Balaban J connectivity index is 2.02. The van der Waals surface area contributed by atoms with E-state index in [0.29, 0.717) is 30.4 Å². The van der Waals surface area contributed by atoms with Crippen LogP contribution >= 0.6 is 11.6 Å². The molecule has 8 heteroatoms. The van der Waals surface area contributed by atoms with Gasteiger partial charge in [-0.25, -0.2) is 9.97 Å². The monoisotopic (exact) mass is 337 g/mol. The summed E-state index contributed by atoms with van der Waals surface area (Å²) in [5.74, 6) is 0.400. The van der Waals surface area contributed by atoms with Crippen molar-refractivity contribution in [2.24, 2.45) is 11.7 Å². The molecule has 23 heavy (non-hydrogen) atoms. The van der Waals surface area contributed by atoms with Crippen molar-refractivity contribution in [3.8, 4) is 11.4 Å². The zero-order chi connectivity index (χ0) is 16.4. The average Bonchev–Trinajstić information content (AvgIpc) is 2.57. The van der Waals surface area contributed by atoms with Crippen LogP contribution in [0, 0.1) is 11.9 Å². The Hall–Kier alpha value is -1.99. The van der Waals surface area contributed by atoms with E-state index in [2.05, 4.69) is 15.0 Å². The van der Waals surface area contributed by atoms with Crippen LogP contribution in [0.25, 0.3) is 11.4 Å². The number of nitrogens with two attached hydrogens (primary N) is 1. The topological polar surface area (TPSA) is 87.9 Å². The summed E-state index contributed by atoms with van der Waals surface area (Å²) in [6, 6.07) is 2.80. The van der Waals surface area contributed by atoms with E-state index in [1.165, 1.54) is 12.3 Å². The first-order valence-corrected chi connectivity index (χ1v) is 7.83. The van der Waals surface area contributed by atoms with Gasteiger partial charge in [0.1, 0.15) is 10.8 Å². The van der Waals surface area contributed by atoms with E-state index in [-0.39, 0.29) is 10.8 Å². The molecule has 0 spiro atoms. The molecule has 1 aliphatic rings. The Morgan fingerprint density at radius 2 is 2.35 bits per heavy atom. The van der Waals surface area contributed by atoms with Crippen molar-refractivity contribution in [3.05, 3.63) is 39.7 Å². The molecular formula is C15H17ClFN5O. The minimum atomic E-state index is -0.636. The van der Waals surface area contributed by atoms with E-state index in [0.717, 1.165) is 19.4 Å². The van der Waals surface area contributed by atoms with E-state index in [9.17, 15) is 9.18 Å². The number of hydrogen-bond donors (Lipinski definition) is 2. The molecule has 0 aliphatic carbocycles. The number of aromatic amines is 1. The summed E-state index contributed by atoms with van der Waals surface area (Å²) in [5.41, 5.74) is 5.75. The summed E-state index contributed by atoms with van der Waals surface area (Å²) < 4.78 is 13.3. The number of halogens is 2. The van der Waals surface area contributed by atoms with Gasteiger partial charge in [-0.2, -0.15) is 4.39 Å². The second-order valence-electron chi connectivity index (χ2n) is 5.61. The van der Waals surface area contributed by atoms with Gasteiger partial charge in [0.15, 0.2) is 5.82 Å². The van der Waals surface area contributed by atoms with Crippen LogP contribution in [0.3, 0.4) is 0 Å². The largest absolute Gasteiger partial charge is 0.355 e. The lowest BCUT2D eigenvalue weighted by Gasteiger charge is -2.33. The van der Waals surface area contributed by atoms with E-state index < -0.39 is 11.5 Å². The van der Waals surface area contributed by atoms with Crippen molar-refractivity contribution in [2.45, 2.75) is 12.8 Å². The summed E-state index contributed by atoms with van der Waals surface area (Å²) in [4.78, 5) is 24.6. The quantitative estimate of drug-likeness (QED) is 0.834. The predicted molar refractivity (Wildman–Crippen MR) is 87.0 cm³/mol. The molecule has 122 valence electrons. The molecule has 0 saturated carbocycles. The third kappa shape index (κ3) is 3.35. The molecule has 3 heterocycles. The Labute approximate surface area is 137 Å². The predicted octanol–water partition coefficient (Wildman–Crippen LogP) is 1.80. The number of rotatable bonds is 3. The second-order valence-corrected chi connectivity index (χ2v) is 5.99. The third-order valence-electron chi connectivity index (χ3n) is 4.00. The lowest BCUT2D eigenvalue weighted by atomic mass is 9.98. The SMILES string of the molecule is NC[C@H]1CCCN(c2nc(-c3ccnc(F)c3)[nH]c(=O)c2Cl)C1. The van der Waals surface area contributed by atoms with Crippen LogP contribution < -0.4 is 16.2 Å². The lowest BCUT2D eigenvalue weighted by Crippen LogP contribution is -2.39. The Bertz CT molecular complexity index is 766. The molecular weight excluding hydrogens is 321 g/mol. The third-order valence-corrected chi connectivity index (χ3v) is 4.34. The fourth-order valence-electron chi connectivity index (χ4n) is 2.79. The molecule has 1 aliphatic heterocycles. The molecule has 1 saturated heterocycles. The molecule has 0 amide bonds. The average molecular weight is 338 g/mol. The van der Waals surface area contributed by atoms with Gasteiger partial charge in [0, 0.05) is 30.9 Å². The van der Waals surface area contributed by atoms with Crippen molar-refractivity contribution >= 4 is 17.4 Å². The molecule has 2 aromatic rings. The highest BCUT2D eigenvalue weighted by Crippen LogP contribution is 2.27. The van der Waals surface area contributed by atoms with Gasteiger partial charge in [-0.1, -0.05) is 11.6 Å². The van der Waals surface area contributed by atoms with Gasteiger partial charge in [-0.15, -0.1) is 0 Å². The Kier molecular flexibility index (Phi) is 4.58. The van der Waals surface area contributed by atoms with Gasteiger partial charge in [-0.05, 0) is 31.4 Å². The fraction of sp³-hybridized carbons (Fsp3) is 0.400. The molecule has 3 rings (SSSR count). The first kappa shape index (κ1) is 15.9. The maximum atomic E-state index is 13.3.